The molecule has 23 heavy (non-hydrogen) atoms. The maximum absolute atomic E-state index is 13.0. The molecule has 6 heteroatoms. The lowest BCUT2D eigenvalue weighted by Gasteiger charge is -2.38. The van der Waals surface area contributed by atoms with Gasteiger partial charge >= 0.3 is 0 Å². The normalized spacial score (nSPS) is 23.7. The molecule has 2 aliphatic rings. The number of ether oxygens (including phenoxy) is 1. The first-order valence-electron chi connectivity index (χ1n) is 7.74. The number of amides is 1. The number of nitrogens with one attached hydrogen (secondary N) is 1. The van der Waals surface area contributed by atoms with Crippen molar-refractivity contribution in [3.63, 3.8) is 0 Å². The van der Waals surface area contributed by atoms with Crippen molar-refractivity contribution in [3.05, 3.63) is 50.6 Å². The van der Waals surface area contributed by atoms with E-state index < -0.39 is 0 Å². The third-order valence-corrected chi connectivity index (χ3v) is 6.05. The van der Waals surface area contributed by atoms with Crippen LogP contribution in [0.2, 0.25) is 0 Å². The molecule has 4 rings (SSSR count). The second-order valence-electron chi connectivity index (χ2n) is 5.85. The fourth-order valence-corrected chi connectivity index (χ4v) is 4.69. The number of fused-ring (bicyclic) bond motifs is 1. The Labute approximate surface area is 147 Å². The van der Waals surface area contributed by atoms with E-state index in [0.29, 0.717) is 6.54 Å². The Kier molecular flexibility index (Phi) is 4.13. The van der Waals surface area contributed by atoms with Crippen LogP contribution in [0.15, 0.2) is 40.2 Å². The van der Waals surface area contributed by atoms with Crippen LogP contribution in [0, 0.1) is 0 Å². The van der Waals surface area contributed by atoms with Crippen molar-refractivity contribution in [2.75, 3.05) is 18.5 Å². The Bertz CT molecular complexity index is 727. The van der Waals surface area contributed by atoms with Gasteiger partial charge in [-0.25, -0.2) is 0 Å². The van der Waals surface area contributed by atoms with Gasteiger partial charge in [-0.1, -0.05) is 12.1 Å². The number of rotatable bonds is 3. The highest BCUT2D eigenvalue weighted by molar-refractivity contribution is 9.10. The van der Waals surface area contributed by atoms with E-state index in [1.54, 1.807) is 11.3 Å². The average molecular weight is 393 g/mol. The maximum atomic E-state index is 13.0. The number of benzene rings is 1. The predicted molar refractivity (Wildman–Crippen MR) is 94.8 cm³/mol. The first-order valence-corrected chi connectivity index (χ1v) is 9.42. The molecule has 0 spiro atoms. The SMILES string of the molecule is O=C1c2ccccc2N[C@@H](c2cc(Br)cs2)N1C[C@@H]1CCCO1. The van der Waals surface area contributed by atoms with Gasteiger partial charge in [0.05, 0.1) is 11.7 Å². The molecule has 1 fully saturated rings. The Morgan fingerprint density at radius 1 is 1.39 bits per heavy atom. The quantitative estimate of drug-likeness (QED) is 0.848. The fourth-order valence-electron chi connectivity index (χ4n) is 3.19. The number of anilines is 1. The van der Waals surface area contributed by atoms with Crippen molar-refractivity contribution in [3.8, 4) is 0 Å². The van der Waals surface area contributed by atoms with E-state index in [0.717, 1.165) is 40.0 Å². The zero-order valence-electron chi connectivity index (χ0n) is 12.5. The lowest BCUT2D eigenvalue weighted by atomic mass is 10.1. The zero-order chi connectivity index (χ0) is 15.8. The number of hydrogen-bond donors (Lipinski definition) is 1. The summed E-state index contributed by atoms with van der Waals surface area (Å²) in [5.74, 6) is 0.0735. The molecular weight excluding hydrogens is 376 g/mol. The van der Waals surface area contributed by atoms with Crippen molar-refractivity contribution >= 4 is 38.9 Å². The minimum Gasteiger partial charge on any atom is -0.376 e. The fraction of sp³-hybridized carbons (Fsp3) is 0.353. The summed E-state index contributed by atoms with van der Waals surface area (Å²) in [7, 11) is 0. The van der Waals surface area contributed by atoms with Crippen LogP contribution in [0.3, 0.4) is 0 Å². The predicted octanol–water partition coefficient (Wildman–Crippen LogP) is 4.26. The van der Waals surface area contributed by atoms with Crippen molar-refractivity contribution in [1.82, 2.24) is 4.90 Å². The first-order chi connectivity index (χ1) is 11.2. The Morgan fingerprint density at radius 3 is 3.00 bits per heavy atom. The largest absolute Gasteiger partial charge is 0.376 e. The summed E-state index contributed by atoms with van der Waals surface area (Å²) in [5, 5.41) is 5.57. The van der Waals surface area contributed by atoms with Crippen LogP contribution < -0.4 is 5.32 Å². The number of hydrogen-bond acceptors (Lipinski definition) is 4. The summed E-state index contributed by atoms with van der Waals surface area (Å²) >= 11 is 5.16. The molecule has 2 atom stereocenters. The second-order valence-corrected chi connectivity index (χ2v) is 7.71. The summed E-state index contributed by atoms with van der Waals surface area (Å²) in [5.41, 5.74) is 1.63. The van der Waals surface area contributed by atoms with Gasteiger partial charge in [-0.3, -0.25) is 4.79 Å². The zero-order valence-corrected chi connectivity index (χ0v) is 14.9. The molecule has 2 aliphatic heterocycles. The maximum Gasteiger partial charge on any atom is 0.257 e. The highest BCUT2D eigenvalue weighted by atomic mass is 79.9. The molecule has 1 saturated heterocycles. The van der Waals surface area contributed by atoms with E-state index in [9.17, 15) is 4.79 Å². The molecule has 3 heterocycles. The minimum absolute atomic E-state index is 0.0735. The van der Waals surface area contributed by atoms with Crippen LogP contribution in [0.1, 0.15) is 34.2 Å². The molecule has 0 aliphatic carbocycles. The summed E-state index contributed by atoms with van der Waals surface area (Å²) in [4.78, 5) is 16.1. The molecular formula is C17H17BrN2O2S. The summed E-state index contributed by atoms with van der Waals surface area (Å²) < 4.78 is 6.80. The van der Waals surface area contributed by atoms with E-state index >= 15 is 0 Å². The second kappa shape index (κ2) is 6.26. The van der Waals surface area contributed by atoms with Crippen LogP contribution in [-0.4, -0.2) is 30.1 Å². The van der Waals surface area contributed by atoms with Crippen LogP contribution in [-0.2, 0) is 4.74 Å². The van der Waals surface area contributed by atoms with Crippen molar-refractivity contribution in [1.29, 1.82) is 0 Å². The highest BCUT2D eigenvalue weighted by Gasteiger charge is 2.35. The van der Waals surface area contributed by atoms with Gasteiger partial charge in [0.15, 0.2) is 0 Å². The lowest BCUT2D eigenvalue weighted by molar-refractivity contribution is 0.0430. The van der Waals surface area contributed by atoms with Crippen molar-refractivity contribution in [2.24, 2.45) is 0 Å². The van der Waals surface area contributed by atoms with Gasteiger partial charge in [0.1, 0.15) is 6.17 Å². The van der Waals surface area contributed by atoms with Crippen LogP contribution in [0.4, 0.5) is 5.69 Å². The number of nitrogens with zero attached hydrogens (tertiary/aromatic N) is 1. The molecule has 0 radical (unpaired) electrons. The molecule has 0 saturated carbocycles. The van der Waals surface area contributed by atoms with Crippen molar-refractivity contribution in [2.45, 2.75) is 25.1 Å². The van der Waals surface area contributed by atoms with E-state index in [-0.39, 0.29) is 18.2 Å². The molecule has 1 amide bonds. The van der Waals surface area contributed by atoms with Gasteiger partial charge in [0.2, 0.25) is 0 Å². The molecule has 0 unspecified atom stereocenters. The standard InChI is InChI=1S/C17H17BrN2O2S/c18-11-8-15(23-10-11)16-19-14-6-2-1-5-13(14)17(21)20(16)9-12-4-3-7-22-12/h1-2,5-6,8,10,12,16,19H,3-4,7,9H2/t12-,16+/m0/s1. The summed E-state index contributed by atoms with van der Waals surface area (Å²) in [6, 6.07) is 9.78. The Balaban J connectivity index is 1.70. The van der Waals surface area contributed by atoms with Crippen LogP contribution >= 0.6 is 27.3 Å². The molecule has 2 aromatic rings. The molecule has 1 N–H and O–H groups in total. The molecule has 4 nitrogen and oxygen atoms in total. The smallest absolute Gasteiger partial charge is 0.257 e. The summed E-state index contributed by atoms with van der Waals surface area (Å²) in [6.07, 6.45) is 2.09. The number of thiophene rings is 1. The van der Waals surface area contributed by atoms with Gasteiger partial charge in [-0.15, -0.1) is 11.3 Å². The van der Waals surface area contributed by atoms with Crippen LogP contribution in [0.25, 0.3) is 0 Å². The van der Waals surface area contributed by atoms with Gasteiger partial charge in [0, 0.05) is 33.6 Å². The Hall–Kier alpha value is -1.37. The van der Waals surface area contributed by atoms with E-state index in [4.69, 9.17) is 4.74 Å². The van der Waals surface area contributed by atoms with Gasteiger partial charge in [-0.05, 0) is 47.0 Å². The van der Waals surface area contributed by atoms with Gasteiger partial charge in [-0.2, -0.15) is 0 Å². The number of para-hydroxylation sites is 1. The lowest BCUT2D eigenvalue weighted by Crippen LogP contribution is -2.46. The van der Waals surface area contributed by atoms with Gasteiger partial charge < -0.3 is 15.0 Å². The van der Waals surface area contributed by atoms with E-state index in [1.165, 1.54) is 0 Å². The average Bonchev–Trinajstić information content (AvgIpc) is 3.21. The third-order valence-electron chi connectivity index (χ3n) is 4.30. The highest BCUT2D eigenvalue weighted by Crippen LogP contribution is 2.37. The molecule has 1 aromatic heterocycles. The topological polar surface area (TPSA) is 41.6 Å². The third kappa shape index (κ3) is 2.91. The van der Waals surface area contributed by atoms with Gasteiger partial charge in [0.25, 0.3) is 5.91 Å². The molecule has 0 bridgehead atoms. The molecule has 1 aromatic carbocycles. The summed E-state index contributed by atoms with van der Waals surface area (Å²) in [6.45, 7) is 1.42. The van der Waals surface area contributed by atoms with E-state index in [1.807, 2.05) is 34.5 Å². The number of carbonyl (C=O) groups excluding carboxylic acids is 1. The Morgan fingerprint density at radius 2 is 2.26 bits per heavy atom. The number of halogens is 1. The monoisotopic (exact) mass is 392 g/mol. The number of carbonyl (C=O) groups is 1. The minimum atomic E-state index is -0.141. The van der Waals surface area contributed by atoms with Crippen molar-refractivity contribution < 1.29 is 9.53 Å². The van der Waals surface area contributed by atoms with Crippen LogP contribution in [0.5, 0.6) is 0 Å². The first kappa shape index (κ1) is 15.2. The van der Waals surface area contributed by atoms with E-state index in [2.05, 4.69) is 27.3 Å². The molecule has 120 valence electrons.